The summed E-state index contributed by atoms with van der Waals surface area (Å²) < 4.78 is 5.47. The van der Waals surface area contributed by atoms with E-state index in [1.54, 1.807) is 6.07 Å². The van der Waals surface area contributed by atoms with E-state index in [1.165, 1.54) is 0 Å². The first-order valence-electron chi connectivity index (χ1n) is 6.97. The molecule has 1 N–H and O–H groups in total. The standard InChI is InChI=1S/C14H18ClN5O/c1-8-7-21-5-4-20(8)12-6-11(15)16-14(17-12)13-9(2)18-19-10(13)3/h6,8H,4-5,7H2,1-3H3,(H,18,19)/t8-/m1/s1. The number of H-pyrrole nitrogens is 1. The maximum Gasteiger partial charge on any atom is 0.166 e. The fraction of sp³-hybridized carbons (Fsp3) is 0.500. The Morgan fingerprint density at radius 2 is 2.19 bits per heavy atom. The van der Waals surface area contributed by atoms with E-state index in [0.29, 0.717) is 24.2 Å². The number of nitrogens with zero attached hydrogens (tertiary/aromatic N) is 4. The van der Waals surface area contributed by atoms with Gasteiger partial charge in [0.05, 0.1) is 30.5 Å². The third-order valence-corrected chi connectivity index (χ3v) is 3.89. The van der Waals surface area contributed by atoms with Gasteiger partial charge in [0.2, 0.25) is 0 Å². The number of morpholine rings is 1. The number of ether oxygens (including phenoxy) is 1. The molecule has 0 radical (unpaired) electrons. The zero-order valence-electron chi connectivity index (χ0n) is 12.4. The summed E-state index contributed by atoms with van der Waals surface area (Å²) >= 11 is 6.20. The molecule has 21 heavy (non-hydrogen) atoms. The molecule has 7 heteroatoms. The van der Waals surface area contributed by atoms with Crippen molar-refractivity contribution in [3.63, 3.8) is 0 Å². The molecule has 1 aliphatic rings. The normalized spacial score (nSPS) is 19.0. The van der Waals surface area contributed by atoms with E-state index in [-0.39, 0.29) is 6.04 Å². The number of aromatic nitrogens is 4. The van der Waals surface area contributed by atoms with Gasteiger partial charge in [-0.15, -0.1) is 0 Å². The van der Waals surface area contributed by atoms with Crippen LogP contribution in [0, 0.1) is 13.8 Å². The lowest BCUT2D eigenvalue weighted by Gasteiger charge is -2.34. The SMILES string of the molecule is Cc1n[nH]c(C)c1-c1nc(Cl)cc(N2CCOC[C@H]2C)n1. The van der Waals surface area contributed by atoms with Gasteiger partial charge in [0.15, 0.2) is 5.82 Å². The molecule has 112 valence electrons. The summed E-state index contributed by atoms with van der Waals surface area (Å²) in [4.78, 5) is 11.2. The monoisotopic (exact) mass is 307 g/mol. The second-order valence-corrected chi connectivity index (χ2v) is 5.69. The fourth-order valence-corrected chi connectivity index (χ4v) is 2.79. The molecule has 2 aromatic rings. The van der Waals surface area contributed by atoms with Crippen LogP contribution >= 0.6 is 11.6 Å². The van der Waals surface area contributed by atoms with Gasteiger partial charge in [0.1, 0.15) is 11.0 Å². The number of halogens is 1. The van der Waals surface area contributed by atoms with Crippen LogP contribution in [0.4, 0.5) is 5.82 Å². The molecule has 0 aliphatic carbocycles. The van der Waals surface area contributed by atoms with Crippen LogP contribution in [0.1, 0.15) is 18.3 Å². The van der Waals surface area contributed by atoms with E-state index in [0.717, 1.165) is 29.3 Å². The summed E-state index contributed by atoms with van der Waals surface area (Å²) in [5.41, 5.74) is 2.73. The molecule has 0 amide bonds. The van der Waals surface area contributed by atoms with Crippen LogP contribution in [0.2, 0.25) is 5.15 Å². The molecule has 3 rings (SSSR count). The molecule has 0 saturated carbocycles. The third kappa shape index (κ3) is 2.73. The predicted molar refractivity (Wildman–Crippen MR) is 81.7 cm³/mol. The molecular formula is C14H18ClN5O. The van der Waals surface area contributed by atoms with E-state index in [2.05, 4.69) is 32.0 Å². The lowest BCUT2D eigenvalue weighted by Crippen LogP contribution is -2.44. The van der Waals surface area contributed by atoms with Crippen LogP contribution in [-0.4, -0.2) is 46.0 Å². The Kier molecular flexibility index (Phi) is 3.82. The van der Waals surface area contributed by atoms with Crippen molar-refractivity contribution in [3.05, 3.63) is 22.6 Å². The Bertz CT molecular complexity index is 637. The van der Waals surface area contributed by atoms with Crippen LogP contribution in [-0.2, 0) is 4.74 Å². The number of aryl methyl sites for hydroxylation is 2. The van der Waals surface area contributed by atoms with Crippen molar-refractivity contribution in [2.75, 3.05) is 24.7 Å². The molecule has 0 aromatic carbocycles. The van der Waals surface area contributed by atoms with Crippen molar-refractivity contribution in [3.8, 4) is 11.4 Å². The molecule has 0 unspecified atom stereocenters. The summed E-state index contributed by atoms with van der Waals surface area (Å²) in [6.45, 7) is 8.20. The molecule has 0 spiro atoms. The Hall–Kier alpha value is -1.66. The topological polar surface area (TPSA) is 66.9 Å². The van der Waals surface area contributed by atoms with Crippen molar-refractivity contribution in [1.82, 2.24) is 20.2 Å². The summed E-state index contributed by atoms with van der Waals surface area (Å²) in [7, 11) is 0. The number of hydrogen-bond acceptors (Lipinski definition) is 5. The Morgan fingerprint density at radius 1 is 1.38 bits per heavy atom. The largest absolute Gasteiger partial charge is 0.377 e. The molecule has 3 heterocycles. The van der Waals surface area contributed by atoms with E-state index in [9.17, 15) is 0 Å². The van der Waals surface area contributed by atoms with Crippen molar-refractivity contribution in [1.29, 1.82) is 0 Å². The van der Waals surface area contributed by atoms with Gasteiger partial charge < -0.3 is 9.64 Å². The number of rotatable bonds is 2. The quantitative estimate of drug-likeness (QED) is 0.863. The number of hydrogen-bond donors (Lipinski definition) is 1. The lowest BCUT2D eigenvalue weighted by molar-refractivity contribution is 0.0985. The van der Waals surface area contributed by atoms with Crippen LogP contribution in [0.15, 0.2) is 6.07 Å². The van der Waals surface area contributed by atoms with E-state index in [1.807, 2.05) is 13.8 Å². The highest BCUT2D eigenvalue weighted by Gasteiger charge is 2.22. The molecule has 0 bridgehead atoms. The van der Waals surface area contributed by atoms with Gasteiger partial charge >= 0.3 is 0 Å². The second kappa shape index (κ2) is 5.61. The van der Waals surface area contributed by atoms with Gasteiger partial charge in [0, 0.05) is 18.3 Å². The van der Waals surface area contributed by atoms with Crippen molar-refractivity contribution in [2.24, 2.45) is 0 Å². The summed E-state index contributed by atoms with van der Waals surface area (Å²) in [5, 5.41) is 7.59. The highest BCUT2D eigenvalue weighted by molar-refractivity contribution is 6.29. The first kappa shape index (κ1) is 14.3. The zero-order chi connectivity index (χ0) is 15.0. The van der Waals surface area contributed by atoms with Gasteiger partial charge in [-0.25, -0.2) is 9.97 Å². The van der Waals surface area contributed by atoms with Gasteiger partial charge in [-0.2, -0.15) is 5.10 Å². The maximum atomic E-state index is 6.20. The number of nitrogens with one attached hydrogen (secondary N) is 1. The lowest BCUT2D eigenvalue weighted by atomic mass is 10.2. The fourth-order valence-electron chi connectivity index (χ4n) is 2.61. The molecule has 6 nitrogen and oxygen atoms in total. The van der Waals surface area contributed by atoms with E-state index in [4.69, 9.17) is 16.3 Å². The minimum absolute atomic E-state index is 0.268. The average molecular weight is 308 g/mol. The number of anilines is 1. The highest BCUT2D eigenvalue weighted by Crippen LogP contribution is 2.27. The van der Waals surface area contributed by atoms with Gasteiger partial charge in [0.25, 0.3) is 0 Å². The van der Waals surface area contributed by atoms with Crippen LogP contribution in [0.25, 0.3) is 11.4 Å². The minimum atomic E-state index is 0.268. The molecule has 1 fully saturated rings. The first-order chi connectivity index (χ1) is 10.1. The first-order valence-corrected chi connectivity index (χ1v) is 7.35. The van der Waals surface area contributed by atoms with Crippen LogP contribution in [0.3, 0.4) is 0 Å². The van der Waals surface area contributed by atoms with E-state index < -0.39 is 0 Å². The molecule has 2 aromatic heterocycles. The Morgan fingerprint density at radius 3 is 2.86 bits per heavy atom. The minimum Gasteiger partial charge on any atom is -0.377 e. The van der Waals surface area contributed by atoms with Crippen LogP contribution in [0.5, 0.6) is 0 Å². The van der Waals surface area contributed by atoms with Gasteiger partial charge in [-0.05, 0) is 20.8 Å². The van der Waals surface area contributed by atoms with E-state index >= 15 is 0 Å². The van der Waals surface area contributed by atoms with Crippen molar-refractivity contribution < 1.29 is 4.74 Å². The van der Waals surface area contributed by atoms with Gasteiger partial charge in [-0.1, -0.05) is 11.6 Å². The molecular weight excluding hydrogens is 290 g/mol. The predicted octanol–water partition coefficient (Wildman–Crippen LogP) is 2.36. The Balaban J connectivity index is 2.04. The third-order valence-electron chi connectivity index (χ3n) is 3.69. The van der Waals surface area contributed by atoms with Crippen molar-refractivity contribution >= 4 is 17.4 Å². The molecule has 1 atom stereocenters. The smallest absolute Gasteiger partial charge is 0.166 e. The second-order valence-electron chi connectivity index (χ2n) is 5.30. The Labute approximate surface area is 128 Å². The average Bonchev–Trinajstić information content (AvgIpc) is 2.78. The van der Waals surface area contributed by atoms with Crippen LogP contribution < -0.4 is 4.90 Å². The summed E-state index contributed by atoms with van der Waals surface area (Å²) in [5.74, 6) is 1.45. The highest BCUT2D eigenvalue weighted by atomic mass is 35.5. The summed E-state index contributed by atoms with van der Waals surface area (Å²) in [6, 6.07) is 2.07. The van der Waals surface area contributed by atoms with Crippen molar-refractivity contribution in [2.45, 2.75) is 26.8 Å². The summed E-state index contributed by atoms with van der Waals surface area (Å²) in [6.07, 6.45) is 0. The molecule has 1 saturated heterocycles. The van der Waals surface area contributed by atoms with Gasteiger partial charge in [-0.3, -0.25) is 5.10 Å². The molecule has 1 aliphatic heterocycles. The zero-order valence-corrected chi connectivity index (χ0v) is 13.1. The number of aromatic amines is 1. The maximum absolute atomic E-state index is 6.20.